The molecule has 0 radical (unpaired) electrons. The molecule has 2 rings (SSSR count). The molecule has 4 heteroatoms. The van der Waals surface area contributed by atoms with Crippen LogP contribution in [0.25, 0.3) is 11.3 Å². The number of halogens is 1. The van der Waals surface area contributed by atoms with Crippen molar-refractivity contribution in [2.45, 2.75) is 0 Å². The van der Waals surface area contributed by atoms with Gasteiger partial charge in [0.05, 0.1) is 5.69 Å². The van der Waals surface area contributed by atoms with Gasteiger partial charge in [-0.25, -0.2) is 0 Å². The fraction of sp³-hybridized carbons (Fsp3) is 0. The topological polar surface area (TPSA) is 32.9 Å². The highest BCUT2D eigenvalue weighted by Gasteiger charge is 2.04. The van der Waals surface area contributed by atoms with Crippen molar-refractivity contribution in [2.24, 2.45) is 0 Å². The normalized spacial score (nSPS) is 10.2. The lowest BCUT2D eigenvalue weighted by Crippen LogP contribution is -1.97. The van der Waals surface area contributed by atoms with Crippen molar-refractivity contribution in [3.63, 3.8) is 0 Å². The van der Waals surface area contributed by atoms with Crippen LogP contribution in [0.4, 0.5) is 0 Å². The molecular weight excluding hydrogens is 206 g/mol. The molecule has 0 atom stereocenters. The third-order valence-corrected chi connectivity index (χ3v) is 2.85. The van der Waals surface area contributed by atoms with E-state index in [0.717, 1.165) is 11.3 Å². The highest BCUT2D eigenvalue weighted by molar-refractivity contribution is 7.15. The van der Waals surface area contributed by atoms with Crippen LogP contribution in [0.2, 0.25) is 4.34 Å². The lowest BCUT2D eigenvalue weighted by atomic mass is 10.2. The van der Waals surface area contributed by atoms with Gasteiger partial charge < -0.3 is 4.98 Å². The first kappa shape index (κ1) is 8.53. The van der Waals surface area contributed by atoms with Gasteiger partial charge in [0.1, 0.15) is 4.34 Å². The van der Waals surface area contributed by atoms with Gasteiger partial charge in [-0.3, -0.25) is 4.79 Å². The molecule has 0 aromatic carbocycles. The number of rotatable bonds is 1. The van der Waals surface area contributed by atoms with Gasteiger partial charge in [0.2, 0.25) is 0 Å². The Hall–Kier alpha value is -1.06. The van der Waals surface area contributed by atoms with Gasteiger partial charge in [-0.05, 0) is 11.4 Å². The SMILES string of the molecule is O=c1cc[nH]c(-c2ccsc2Cl)c1. The van der Waals surface area contributed by atoms with Crippen LogP contribution >= 0.6 is 22.9 Å². The number of nitrogens with one attached hydrogen (secondary N) is 1. The Morgan fingerprint density at radius 3 is 2.85 bits per heavy atom. The highest BCUT2D eigenvalue weighted by Crippen LogP contribution is 2.30. The maximum Gasteiger partial charge on any atom is 0.182 e. The lowest BCUT2D eigenvalue weighted by molar-refractivity contribution is 1.31. The Balaban J connectivity index is 2.59. The Labute approximate surface area is 83.8 Å². The zero-order chi connectivity index (χ0) is 9.26. The molecule has 2 heterocycles. The largest absolute Gasteiger partial charge is 0.361 e. The van der Waals surface area contributed by atoms with Gasteiger partial charge >= 0.3 is 0 Å². The molecule has 2 aromatic heterocycles. The van der Waals surface area contributed by atoms with Crippen molar-refractivity contribution in [1.29, 1.82) is 0 Å². The quantitative estimate of drug-likeness (QED) is 0.773. The summed E-state index contributed by atoms with van der Waals surface area (Å²) in [4.78, 5) is 14.0. The zero-order valence-electron chi connectivity index (χ0n) is 6.58. The van der Waals surface area contributed by atoms with Gasteiger partial charge in [0.25, 0.3) is 0 Å². The summed E-state index contributed by atoms with van der Waals surface area (Å²) in [6, 6.07) is 4.90. The number of pyridine rings is 1. The van der Waals surface area contributed by atoms with Gasteiger partial charge in [0, 0.05) is 23.9 Å². The summed E-state index contributed by atoms with van der Waals surface area (Å²) in [5.41, 5.74) is 1.62. The molecule has 0 saturated carbocycles. The summed E-state index contributed by atoms with van der Waals surface area (Å²) < 4.78 is 0.696. The summed E-state index contributed by atoms with van der Waals surface area (Å²) in [6.45, 7) is 0. The van der Waals surface area contributed by atoms with E-state index >= 15 is 0 Å². The van der Waals surface area contributed by atoms with Crippen LogP contribution in [0.1, 0.15) is 0 Å². The average Bonchev–Trinajstić information content (AvgIpc) is 2.51. The number of hydrogen-bond acceptors (Lipinski definition) is 2. The summed E-state index contributed by atoms with van der Waals surface area (Å²) in [7, 11) is 0. The Morgan fingerprint density at radius 1 is 1.38 bits per heavy atom. The Kier molecular flexibility index (Phi) is 2.20. The number of H-pyrrole nitrogens is 1. The minimum atomic E-state index is -0.0176. The zero-order valence-corrected chi connectivity index (χ0v) is 8.15. The number of aromatic amines is 1. The molecule has 0 unspecified atom stereocenters. The highest BCUT2D eigenvalue weighted by atomic mass is 35.5. The molecule has 2 aromatic rings. The first-order valence-electron chi connectivity index (χ1n) is 3.69. The fourth-order valence-electron chi connectivity index (χ4n) is 1.09. The second-order valence-corrected chi connectivity index (χ2v) is 4.06. The van der Waals surface area contributed by atoms with E-state index in [1.165, 1.54) is 23.5 Å². The van der Waals surface area contributed by atoms with Crippen molar-refractivity contribution in [3.8, 4) is 11.3 Å². The second kappa shape index (κ2) is 3.36. The molecule has 0 fully saturated rings. The van der Waals surface area contributed by atoms with Crippen molar-refractivity contribution >= 4 is 22.9 Å². The summed E-state index contributed by atoms with van der Waals surface area (Å²) >= 11 is 7.37. The van der Waals surface area contributed by atoms with E-state index in [1.807, 2.05) is 11.4 Å². The summed E-state index contributed by atoms with van der Waals surface area (Å²) in [5.74, 6) is 0. The molecule has 2 nitrogen and oxygen atoms in total. The summed E-state index contributed by atoms with van der Waals surface area (Å²) in [6.07, 6.45) is 1.62. The molecule has 1 N–H and O–H groups in total. The van der Waals surface area contributed by atoms with E-state index < -0.39 is 0 Å². The van der Waals surface area contributed by atoms with E-state index in [-0.39, 0.29) is 5.43 Å². The monoisotopic (exact) mass is 211 g/mol. The number of hydrogen-bond donors (Lipinski definition) is 1. The minimum absolute atomic E-state index is 0.0176. The van der Waals surface area contributed by atoms with Gasteiger partial charge in [-0.2, -0.15) is 0 Å². The van der Waals surface area contributed by atoms with E-state index in [2.05, 4.69) is 4.98 Å². The van der Waals surface area contributed by atoms with Crippen LogP contribution in [-0.2, 0) is 0 Å². The fourth-order valence-corrected chi connectivity index (χ4v) is 2.04. The van der Waals surface area contributed by atoms with Crippen LogP contribution in [-0.4, -0.2) is 4.98 Å². The first-order chi connectivity index (χ1) is 6.27. The van der Waals surface area contributed by atoms with Crippen LogP contribution in [0.15, 0.2) is 34.6 Å². The third kappa shape index (κ3) is 1.66. The number of thiophene rings is 1. The van der Waals surface area contributed by atoms with Gasteiger partial charge in [-0.1, -0.05) is 11.6 Å². The molecule has 0 saturated heterocycles. The van der Waals surface area contributed by atoms with Gasteiger partial charge in [-0.15, -0.1) is 11.3 Å². The molecule has 13 heavy (non-hydrogen) atoms. The standard InChI is InChI=1S/C9H6ClNOS/c10-9-7(2-4-13-9)8-5-6(12)1-3-11-8/h1-5H,(H,11,12). The molecule has 66 valence electrons. The summed E-state index contributed by atoms with van der Waals surface area (Å²) in [5, 5.41) is 1.89. The van der Waals surface area contributed by atoms with E-state index in [1.54, 1.807) is 6.20 Å². The van der Waals surface area contributed by atoms with Crippen molar-refractivity contribution in [1.82, 2.24) is 4.98 Å². The van der Waals surface area contributed by atoms with E-state index in [0.29, 0.717) is 4.34 Å². The maximum atomic E-state index is 11.0. The molecule has 0 bridgehead atoms. The molecule has 0 aliphatic rings. The minimum Gasteiger partial charge on any atom is -0.361 e. The van der Waals surface area contributed by atoms with Crippen molar-refractivity contribution < 1.29 is 0 Å². The van der Waals surface area contributed by atoms with E-state index in [4.69, 9.17) is 11.6 Å². The Morgan fingerprint density at radius 2 is 2.23 bits per heavy atom. The lowest BCUT2D eigenvalue weighted by Gasteiger charge is -1.96. The van der Waals surface area contributed by atoms with Gasteiger partial charge in [0.15, 0.2) is 5.43 Å². The molecule has 0 amide bonds. The third-order valence-electron chi connectivity index (χ3n) is 1.68. The maximum absolute atomic E-state index is 11.0. The molecule has 0 aliphatic heterocycles. The smallest absolute Gasteiger partial charge is 0.182 e. The van der Waals surface area contributed by atoms with Crippen molar-refractivity contribution in [2.75, 3.05) is 0 Å². The molecule has 0 aliphatic carbocycles. The van der Waals surface area contributed by atoms with Crippen molar-refractivity contribution in [3.05, 3.63) is 44.3 Å². The average molecular weight is 212 g/mol. The van der Waals surface area contributed by atoms with Crippen LogP contribution < -0.4 is 5.43 Å². The molecule has 0 spiro atoms. The van der Waals surface area contributed by atoms with Crippen LogP contribution in [0.5, 0.6) is 0 Å². The predicted molar refractivity (Wildman–Crippen MR) is 55.4 cm³/mol. The molecular formula is C9H6ClNOS. The Bertz CT molecular complexity index is 474. The van der Waals surface area contributed by atoms with Crippen LogP contribution in [0.3, 0.4) is 0 Å². The number of aromatic nitrogens is 1. The van der Waals surface area contributed by atoms with Crippen LogP contribution in [0, 0.1) is 0 Å². The van der Waals surface area contributed by atoms with E-state index in [9.17, 15) is 4.79 Å². The predicted octanol–water partition coefficient (Wildman–Crippen LogP) is 2.76. The first-order valence-corrected chi connectivity index (χ1v) is 4.95. The second-order valence-electron chi connectivity index (χ2n) is 2.55.